The fraction of sp³-hybridized carbons (Fsp3) is 0.0192. The number of para-hydroxylation sites is 1. The van der Waals surface area contributed by atoms with Crippen LogP contribution in [0.25, 0.3) is 199 Å². The second kappa shape index (κ2) is 30.0. The Labute approximate surface area is 743 Å². The molecule has 0 fully saturated rings. The molecule has 8 heteroatoms. The number of fused-ring (bicyclic) bond motifs is 6. The van der Waals surface area contributed by atoms with Crippen LogP contribution in [0.4, 0.5) is 0 Å². The normalized spacial score (nSPS) is 19.3. The lowest BCUT2D eigenvalue weighted by molar-refractivity contribution is 0.671. The van der Waals surface area contributed by atoms with E-state index in [0.717, 1.165) is 0 Å². The largest absolute Gasteiger partial charge is 0.455 e. The molecule has 0 bridgehead atoms. The van der Waals surface area contributed by atoms with Crippen LogP contribution >= 0.6 is 11.3 Å². The standard InChI is InChI=1S/C52H35N3O.C52H35N3S/c2*1-34-14-11-22-41(30-34)51-53-50(39-28-26-37(27-29-39)35-15-5-2-6-16-35)54-52(55-51)42-23-12-21-40(31-42)44-24-13-25-45-47-33-43(36-17-7-3-8-18-36)32-46(49(47)56-48(44)45)38-19-9-4-10-20-38/h2*2-33H,1H3/i2*2D,3D,4D,5D,6D,7D,8D,9D,10D,11D,12D,13D,14D,15D,16D,17D,18D,19D,20D,21D,22D,23D,24D,25D,26D,27D,28D,29D,30D,31D,32D,33D. The zero-order valence-corrected chi connectivity index (χ0v) is 57.3. The first-order valence-corrected chi connectivity index (χ1v) is 33.3. The molecule has 0 aliphatic rings. The van der Waals surface area contributed by atoms with Gasteiger partial charge in [-0.25, -0.2) is 29.9 Å². The zero-order chi connectivity index (χ0) is 131. The Morgan fingerprint density at radius 2 is 0.491 bits per heavy atom. The molecule has 4 heterocycles. The number of hydrogen-bond acceptors (Lipinski definition) is 8. The van der Waals surface area contributed by atoms with Crippen LogP contribution in [0, 0.1) is 13.8 Å². The van der Waals surface area contributed by atoms with E-state index in [2.05, 4.69) is 29.9 Å². The highest BCUT2D eigenvalue weighted by atomic mass is 32.1. The van der Waals surface area contributed by atoms with Crippen molar-refractivity contribution in [2.75, 3.05) is 0 Å². The molecule has 0 saturated heterocycles. The van der Waals surface area contributed by atoms with E-state index in [0.29, 0.717) is 11.3 Å². The Bertz CT molecular complexity index is 10100. The van der Waals surface area contributed by atoms with Gasteiger partial charge in [0.25, 0.3) is 0 Å². The van der Waals surface area contributed by atoms with Crippen LogP contribution in [-0.2, 0) is 0 Å². The summed E-state index contributed by atoms with van der Waals surface area (Å²) in [6, 6.07) is -59.9. The van der Waals surface area contributed by atoms with Gasteiger partial charge >= 0.3 is 0 Å². The zero-order valence-electron chi connectivity index (χ0n) is 120. The lowest BCUT2D eigenvalue weighted by Crippen LogP contribution is -2.00. The van der Waals surface area contributed by atoms with Gasteiger partial charge in [0.05, 0.1) is 87.7 Å². The van der Waals surface area contributed by atoms with Gasteiger partial charge < -0.3 is 4.42 Å². The molecule has 20 aromatic rings. The Balaban J connectivity index is 0.000000214. The van der Waals surface area contributed by atoms with Crippen molar-refractivity contribution in [2.24, 2.45) is 0 Å². The maximum Gasteiger partial charge on any atom is 0.164 e. The summed E-state index contributed by atoms with van der Waals surface area (Å²) in [5, 5.41) is -2.42. The van der Waals surface area contributed by atoms with Gasteiger partial charge in [0.1, 0.15) is 11.2 Å². The maximum absolute atomic E-state index is 9.93. The fourth-order valence-corrected chi connectivity index (χ4v) is 12.4. The third-order valence-electron chi connectivity index (χ3n) is 16.1. The van der Waals surface area contributed by atoms with Crippen LogP contribution in [-0.4, -0.2) is 29.9 Å². The summed E-state index contributed by atoms with van der Waals surface area (Å²) in [6.07, 6.45) is 0. The van der Waals surface area contributed by atoms with E-state index in [1.54, 1.807) is 0 Å². The lowest BCUT2D eigenvalue weighted by Gasteiger charge is -2.11. The molecule has 20 rings (SSSR count). The average Bonchev–Trinajstić information content (AvgIpc) is 1.53. The van der Waals surface area contributed by atoms with Crippen molar-refractivity contribution in [3.05, 3.63) is 398 Å². The SMILES string of the molecule is [2H]c1c([2H])c([2H])c(-c2c([2H])c([2H])c(-c3nc(-c4c([2H])c([2H])c([2H])c(C)c4[2H])nc(-c4c([2H])c([2H])c([2H])c(-c5c([2H])c([2H])c([2H])c6c5oc5c(-c7c([2H])c([2H])c([2H])c([2H])c7[2H])c([2H])c(-c7c([2H])c([2H])c([2H])c([2H])c7[2H])c([2H])c56)c4[2H])n3)c([2H])c2[2H])c([2H])c1[2H].[2H]c1c([2H])c([2H])c(-c2c([2H])c([2H])c(-c3nc(-c4c([2H])c([2H])c([2H])c(C)c4[2H])nc(-c4c([2H])c([2H])c([2H])c(-c5c([2H])c([2H])c([2H])c6c5sc5c(-c7c([2H])c([2H])c([2H])c([2H])c7[2H])c([2H])c(-c7c([2H])c([2H])c([2H])c([2H])c7[2H])c([2H])c56)c4[2H])n3)c([2H])c2[2H])c([2H])c1[2H]. The molecule has 112 heavy (non-hydrogen) atoms. The third-order valence-corrected chi connectivity index (χ3v) is 17.3. The maximum atomic E-state index is 9.93. The number of furan rings is 1. The minimum absolute atomic E-state index is 0.203. The van der Waals surface area contributed by atoms with Gasteiger partial charge in [-0.2, -0.15) is 0 Å². The molecular weight excluding hydrogens is 1380 g/mol. The van der Waals surface area contributed by atoms with Gasteiger partial charge in [-0.05, 0) is 135 Å². The molecule has 7 nitrogen and oxygen atoms in total. The predicted octanol–water partition coefficient (Wildman–Crippen LogP) is 28.0. The quantitative estimate of drug-likeness (QED) is 0.107. The van der Waals surface area contributed by atoms with Crippen molar-refractivity contribution in [1.82, 2.24) is 29.9 Å². The monoisotopic (exact) mass is 1510 g/mol. The van der Waals surface area contributed by atoms with Gasteiger partial charge in [-0.3, -0.25) is 0 Å². The summed E-state index contributed by atoms with van der Waals surface area (Å²) in [6.45, 7) is 2.49. The van der Waals surface area contributed by atoms with Crippen LogP contribution in [0.1, 0.15) is 98.9 Å². The van der Waals surface area contributed by atoms with Crippen molar-refractivity contribution < 1.29 is 92.1 Å². The molecule has 0 aliphatic heterocycles. The van der Waals surface area contributed by atoms with E-state index >= 15 is 0 Å². The van der Waals surface area contributed by atoms with Crippen LogP contribution in [0.15, 0.2) is 391 Å². The highest BCUT2D eigenvalue weighted by molar-refractivity contribution is 7.27. The summed E-state index contributed by atoms with van der Waals surface area (Å²) in [4.78, 5) is 26.1. The third kappa shape index (κ3) is 13.7. The first-order valence-electron chi connectivity index (χ1n) is 64.5. The van der Waals surface area contributed by atoms with Crippen molar-refractivity contribution in [3.8, 4) is 157 Å². The highest BCUT2D eigenvalue weighted by Crippen LogP contribution is 2.48. The second-order valence-corrected chi connectivity index (χ2v) is 24.2. The van der Waals surface area contributed by atoms with E-state index < -0.39 is 581 Å². The number of aromatic nitrogens is 6. The van der Waals surface area contributed by atoms with Crippen LogP contribution < -0.4 is 0 Å². The molecule has 0 unspecified atom stereocenters. The Hall–Kier alpha value is -14.4. The number of thiophene rings is 1. The van der Waals surface area contributed by atoms with E-state index in [9.17, 15) is 30.2 Å². The summed E-state index contributed by atoms with van der Waals surface area (Å²) < 4.78 is 575. The summed E-state index contributed by atoms with van der Waals surface area (Å²) in [5.41, 5.74) is -19.2. The molecule has 0 N–H and O–H groups in total. The summed E-state index contributed by atoms with van der Waals surface area (Å²) >= 11 is 0.450. The van der Waals surface area contributed by atoms with Gasteiger partial charge in [-0.1, -0.05) is 350 Å². The lowest BCUT2D eigenvalue weighted by atomic mass is 9.95. The van der Waals surface area contributed by atoms with Gasteiger partial charge in [0.2, 0.25) is 0 Å². The molecule has 0 amide bonds. The molecule has 0 aliphatic carbocycles. The van der Waals surface area contributed by atoms with Crippen LogP contribution in [0.3, 0.4) is 0 Å². The van der Waals surface area contributed by atoms with E-state index in [1.807, 2.05) is 0 Å². The van der Waals surface area contributed by atoms with Crippen LogP contribution in [0.2, 0.25) is 0 Å². The number of rotatable bonds is 14. The van der Waals surface area contributed by atoms with Gasteiger partial charge in [0.15, 0.2) is 34.9 Å². The summed E-state index contributed by atoms with van der Waals surface area (Å²) in [5.74, 6) is -5.31. The van der Waals surface area contributed by atoms with E-state index in [4.69, 9.17) is 62.0 Å². The van der Waals surface area contributed by atoms with E-state index in [1.165, 1.54) is 13.8 Å². The van der Waals surface area contributed by atoms with Crippen LogP contribution in [0.5, 0.6) is 0 Å². The fourth-order valence-electron chi connectivity index (χ4n) is 11.1. The Morgan fingerprint density at radius 1 is 0.196 bits per heavy atom. The molecule has 0 saturated carbocycles. The van der Waals surface area contributed by atoms with Gasteiger partial charge in [0, 0.05) is 81.0 Å². The first-order chi connectivity index (χ1) is 82.0. The van der Waals surface area contributed by atoms with Gasteiger partial charge in [-0.15, -0.1) is 11.3 Å². The minimum Gasteiger partial charge on any atom is -0.455 e. The smallest absolute Gasteiger partial charge is 0.164 e. The molecule has 0 atom stereocenters. The predicted molar refractivity (Wildman–Crippen MR) is 465 cm³/mol. The number of benzene rings is 16. The molecule has 0 radical (unpaired) electrons. The average molecular weight is 1520 g/mol. The molecular formula is C104H70N6OS. The number of nitrogens with zero attached hydrogens (tertiary/aromatic N) is 6. The van der Waals surface area contributed by atoms with Crippen molar-refractivity contribution in [2.45, 2.75) is 13.8 Å². The molecule has 4 aromatic heterocycles. The topological polar surface area (TPSA) is 90.5 Å². The number of hydrogen-bond donors (Lipinski definition) is 0. The molecule has 16 aromatic carbocycles. The summed E-state index contributed by atoms with van der Waals surface area (Å²) in [7, 11) is 0. The second-order valence-electron chi connectivity index (χ2n) is 23.1. The first kappa shape index (κ1) is 28.2. The molecule has 0 spiro atoms. The highest BCUT2D eigenvalue weighted by Gasteiger charge is 2.23. The Kier molecular flexibility index (Phi) is 7.55. The van der Waals surface area contributed by atoms with Crippen molar-refractivity contribution in [1.29, 1.82) is 0 Å². The van der Waals surface area contributed by atoms with Crippen molar-refractivity contribution in [3.63, 3.8) is 0 Å². The van der Waals surface area contributed by atoms with Crippen molar-refractivity contribution >= 4 is 53.4 Å². The Morgan fingerprint density at radius 3 is 0.946 bits per heavy atom. The molecule has 528 valence electrons. The van der Waals surface area contributed by atoms with E-state index in [-0.39, 0.29) is 15.8 Å². The minimum atomic E-state index is -1.12.